The van der Waals surface area contributed by atoms with Gasteiger partial charge in [0, 0.05) is 58.8 Å². The van der Waals surface area contributed by atoms with Crippen LogP contribution in [0.4, 0.5) is 0 Å². The van der Waals surface area contributed by atoms with E-state index in [0.717, 1.165) is 19.6 Å². The van der Waals surface area contributed by atoms with Crippen LogP contribution in [-0.4, -0.2) is 138 Å². The van der Waals surface area contributed by atoms with Crippen LogP contribution in [0.15, 0.2) is 0 Å². The van der Waals surface area contributed by atoms with E-state index >= 15 is 0 Å². The lowest BCUT2D eigenvalue weighted by molar-refractivity contribution is -0.139. The minimum absolute atomic E-state index is 0.0156. The third-order valence-electron chi connectivity index (χ3n) is 4.89. The van der Waals surface area contributed by atoms with Gasteiger partial charge in [0.25, 0.3) is 6.47 Å². The van der Waals surface area contributed by atoms with Gasteiger partial charge in [-0.3, -0.25) is 33.9 Å². The number of rotatable bonds is 8. The zero-order valence-corrected chi connectivity index (χ0v) is 18.0. The van der Waals surface area contributed by atoms with Crippen molar-refractivity contribution in [2.75, 3.05) is 78.5 Å². The molecule has 0 aromatic carbocycles. The van der Waals surface area contributed by atoms with Crippen molar-refractivity contribution < 1.29 is 34.5 Å². The van der Waals surface area contributed by atoms with Crippen molar-refractivity contribution in [2.45, 2.75) is 20.3 Å². The van der Waals surface area contributed by atoms with E-state index in [0.29, 0.717) is 52.2 Å². The summed E-state index contributed by atoms with van der Waals surface area (Å²) in [4.78, 5) is 50.6. The van der Waals surface area contributed by atoms with Crippen LogP contribution in [0, 0.1) is 0 Å². The van der Waals surface area contributed by atoms with E-state index in [1.165, 1.54) is 0 Å². The summed E-state index contributed by atoms with van der Waals surface area (Å²) < 4.78 is 0. The molecular formula is C19H36N4O7. The number of carboxylic acid groups (broad SMARTS) is 3. The zero-order chi connectivity index (χ0) is 22.9. The highest BCUT2D eigenvalue weighted by Crippen LogP contribution is 2.01. The lowest BCUT2D eigenvalue weighted by Gasteiger charge is -2.33. The second-order valence-electron chi connectivity index (χ2n) is 7.05. The lowest BCUT2D eigenvalue weighted by atomic mass is 10.2. The topological polar surface area (TPSA) is 142 Å². The molecule has 174 valence electrons. The second kappa shape index (κ2) is 16.7. The highest BCUT2D eigenvalue weighted by atomic mass is 16.4. The molecule has 0 saturated carbocycles. The molecule has 0 unspecified atom stereocenters. The maximum Gasteiger partial charge on any atom is 0.317 e. The van der Waals surface area contributed by atoms with Crippen LogP contribution < -0.4 is 0 Å². The van der Waals surface area contributed by atoms with Gasteiger partial charge in [-0.15, -0.1) is 0 Å². The molecule has 0 atom stereocenters. The smallest absolute Gasteiger partial charge is 0.317 e. The molecule has 3 N–H and O–H groups in total. The van der Waals surface area contributed by atoms with E-state index in [2.05, 4.69) is 4.90 Å². The number of ketones is 1. The summed E-state index contributed by atoms with van der Waals surface area (Å²) in [5, 5.41) is 25.2. The summed E-state index contributed by atoms with van der Waals surface area (Å²) in [6, 6.07) is 0. The monoisotopic (exact) mass is 432 g/mol. The number of Topliss-reactive ketones (excluding diaryl/α,β-unsaturated/α-hetero) is 1. The maximum absolute atomic E-state index is 11.9. The van der Waals surface area contributed by atoms with E-state index in [1.807, 2.05) is 28.5 Å². The summed E-state index contributed by atoms with van der Waals surface area (Å²) in [5.41, 5.74) is 0. The Balaban J connectivity index is 0.00000263. The molecule has 0 amide bonds. The first-order valence-corrected chi connectivity index (χ1v) is 10.2. The first-order valence-electron chi connectivity index (χ1n) is 10.2. The third-order valence-corrected chi connectivity index (χ3v) is 4.89. The average molecular weight is 433 g/mol. The first-order chi connectivity index (χ1) is 14.2. The molecule has 0 spiro atoms. The minimum atomic E-state index is -0.853. The summed E-state index contributed by atoms with van der Waals surface area (Å²) >= 11 is 0. The van der Waals surface area contributed by atoms with Gasteiger partial charge >= 0.3 is 11.9 Å². The SMILES string of the molecule is CCC(=O)CN1CCN(CC(=O)O)CCN(CC)CCN(CC(=O)O)CC1.O=CO. The predicted molar refractivity (Wildman–Crippen MR) is 111 cm³/mol. The summed E-state index contributed by atoms with van der Waals surface area (Å²) in [6.45, 7) is 9.80. The first kappa shape index (κ1) is 27.9. The molecule has 0 bridgehead atoms. The van der Waals surface area contributed by atoms with Crippen molar-refractivity contribution in [1.82, 2.24) is 19.6 Å². The van der Waals surface area contributed by atoms with Crippen molar-refractivity contribution in [3.05, 3.63) is 0 Å². The highest BCUT2D eigenvalue weighted by molar-refractivity contribution is 5.80. The van der Waals surface area contributed by atoms with E-state index in [9.17, 15) is 14.4 Å². The van der Waals surface area contributed by atoms with Gasteiger partial charge in [-0.2, -0.15) is 0 Å². The van der Waals surface area contributed by atoms with Crippen LogP contribution in [0.5, 0.6) is 0 Å². The predicted octanol–water partition coefficient (Wildman–Crippen LogP) is -0.923. The molecule has 1 fully saturated rings. The van der Waals surface area contributed by atoms with Crippen LogP contribution in [0.25, 0.3) is 0 Å². The number of nitrogens with zero attached hydrogens (tertiary/aromatic N) is 4. The molecule has 30 heavy (non-hydrogen) atoms. The average Bonchev–Trinajstić information content (AvgIpc) is 2.67. The van der Waals surface area contributed by atoms with E-state index in [4.69, 9.17) is 20.1 Å². The fraction of sp³-hybridized carbons (Fsp3) is 0.789. The number of carboxylic acids is 2. The molecule has 11 nitrogen and oxygen atoms in total. The molecule has 1 saturated heterocycles. The fourth-order valence-electron chi connectivity index (χ4n) is 3.11. The van der Waals surface area contributed by atoms with Crippen molar-refractivity contribution in [2.24, 2.45) is 0 Å². The Bertz CT molecular complexity index is 501. The molecule has 1 aliphatic heterocycles. The molecule has 11 heteroatoms. The van der Waals surface area contributed by atoms with Crippen LogP contribution in [0.2, 0.25) is 0 Å². The summed E-state index contributed by atoms with van der Waals surface area (Å²) in [5.74, 6) is -1.57. The highest BCUT2D eigenvalue weighted by Gasteiger charge is 2.19. The van der Waals surface area contributed by atoms with Gasteiger partial charge in [0.15, 0.2) is 0 Å². The molecule has 0 radical (unpaired) electrons. The molecule has 0 aromatic rings. The Labute approximate surface area is 177 Å². The Kier molecular flexibility index (Phi) is 15.5. The number of hydrogen-bond acceptors (Lipinski definition) is 8. The van der Waals surface area contributed by atoms with Crippen LogP contribution in [-0.2, 0) is 19.2 Å². The van der Waals surface area contributed by atoms with Crippen LogP contribution >= 0.6 is 0 Å². The lowest BCUT2D eigenvalue weighted by Crippen LogP contribution is -2.48. The number of carbonyl (C=O) groups is 4. The molecule has 1 rings (SSSR count). The fourth-order valence-corrected chi connectivity index (χ4v) is 3.11. The van der Waals surface area contributed by atoms with Gasteiger partial charge in [0.1, 0.15) is 5.78 Å². The van der Waals surface area contributed by atoms with Crippen molar-refractivity contribution in [3.8, 4) is 0 Å². The number of carbonyl (C=O) groups excluding carboxylic acids is 1. The quantitative estimate of drug-likeness (QED) is 0.410. The molecule has 1 heterocycles. The minimum Gasteiger partial charge on any atom is -0.483 e. The van der Waals surface area contributed by atoms with Crippen molar-refractivity contribution in [1.29, 1.82) is 0 Å². The van der Waals surface area contributed by atoms with Gasteiger partial charge in [-0.05, 0) is 6.54 Å². The molecule has 0 aliphatic carbocycles. The summed E-state index contributed by atoms with van der Waals surface area (Å²) in [6.07, 6.45) is 0.458. The van der Waals surface area contributed by atoms with Gasteiger partial charge in [-0.1, -0.05) is 13.8 Å². The molecule has 1 aliphatic rings. The zero-order valence-electron chi connectivity index (χ0n) is 18.0. The Morgan fingerprint density at radius 3 is 1.27 bits per heavy atom. The summed E-state index contributed by atoms with van der Waals surface area (Å²) in [7, 11) is 0. The Hall–Kier alpha value is -2.08. The second-order valence-corrected chi connectivity index (χ2v) is 7.05. The van der Waals surface area contributed by atoms with E-state index in [1.54, 1.807) is 0 Å². The van der Waals surface area contributed by atoms with E-state index < -0.39 is 11.9 Å². The van der Waals surface area contributed by atoms with Gasteiger partial charge in [-0.25, -0.2) is 0 Å². The van der Waals surface area contributed by atoms with Crippen molar-refractivity contribution in [3.63, 3.8) is 0 Å². The Morgan fingerprint density at radius 2 is 1.00 bits per heavy atom. The van der Waals surface area contributed by atoms with Crippen LogP contribution in [0.3, 0.4) is 0 Å². The number of likely N-dealkylation sites (N-methyl/N-ethyl adjacent to an activating group) is 1. The molecule has 0 aromatic heterocycles. The largest absolute Gasteiger partial charge is 0.483 e. The van der Waals surface area contributed by atoms with Crippen LogP contribution in [0.1, 0.15) is 20.3 Å². The molecular weight excluding hydrogens is 396 g/mol. The number of aliphatic carboxylic acids is 2. The van der Waals surface area contributed by atoms with Crippen molar-refractivity contribution >= 4 is 24.2 Å². The maximum atomic E-state index is 11.9. The standard InChI is InChI=1S/C18H34N4O5.CH2O2/c1-3-16(23)13-20-9-11-21(14-17(24)25)7-5-19(4-2)6-8-22(12-10-20)15-18(26)27;2-1-3/h3-15H2,1-2H3,(H,24,25)(H,26,27);1H,(H,2,3). The van der Waals surface area contributed by atoms with Gasteiger partial charge in [0.2, 0.25) is 0 Å². The third kappa shape index (κ3) is 14.0. The number of hydrogen-bond donors (Lipinski definition) is 3. The Morgan fingerprint density at radius 1 is 0.700 bits per heavy atom. The normalized spacial score (nSPS) is 18.3. The van der Waals surface area contributed by atoms with Gasteiger partial charge < -0.3 is 20.2 Å². The van der Waals surface area contributed by atoms with E-state index in [-0.39, 0.29) is 25.3 Å². The van der Waals surface area contributed by atoms with Gasteiger partial charge in [0.05, 0.1) is 19.6 Å².